The lowest BCUT2D eigenvalue weighted by molar-refractivity contribution is 0.167. The largest absolute Gasteiger partial charge is 0.369 e. The highest BCUT2D eigenvalue weighted by Gasteiger charge is 2.17. The highest BCUT2D eigenvalue weighted by Crippen LogP contribution is 2.21. The number of piperidine rings is 1. The molecule has 2 aromatic rings. The van der Waals surface area contributed by atoms with E-state index < -0.39 is 0 Å². The lowest BCUT2D eigenvalue weighted by atomic mass is 10.0. The first-order valence-electron chi connectivity index (χ1n) is 8.91. The maximum Gasteiger partial charge on any atom is 0.258 e. The number of likely N-dealkylation sites (tertiary alicyclic amines) is 1. The van der Waals surface area contributed by atoms with Crippen molar-refractivity contribution in [1.82, 2.24) is 20.0 Å². The van der Waals surface area contributed by atoms with Crippen molar-refractivity contribution in [2.75, 3.05) is 25.0 Å². The van der Waals surface area contributed by atoms with Crippen LogP contribution in [0.5, 0.6) is 0 Å². The van der Waals surface area contributed by atoms with Gasteiger partial charge in [0.05, 0.1) is 0 Å². The van der Waals surface area contributed by atoms with Gasteiger partial charge in [-0.3, -0.25) is 4.90 Å². The van der Waals surface area contributed by atoms with Crippen LogP contribution in [0, 0.1) is 0 Å². The number of hydrogen-bond donors (Lipinski definition) is 1. The number of nitrogens with zero attached hydrogens (tertiary/aromatic N) is 4. The Morgan fingerprint density at radius 3 is 3.00 bits per heavy atom. The third-order valence-corrected chi connectivity index (χ3v) is 4.61. The number of aromatic nitrogens is 3. The number of hydrogen-bond acceptors (Lipinski definition) is 6. The average molecular weight is 329 g/mol. The molecular weight excluding hydrogens is 302 g/mol. The van der Waals surface area contributed by atoms with Crippen LogP contribution in [-0.4, -0.2) is 45.7 Å². The number of pyridine rings is 1. The summed E-state index contributed by atoms with van der Waals surface area (Å²) in [5.41, 5.74) is 0.901. The molecule has 6 heteroatoms. The van der Waals surface area contributed by atoms with Crippen molar-refractivity contribution >= 4 is 5.82 Å². The molecule has 1 N–H and O–H groups in total. The lowest BCUT2D eigenvalue weighted by Gasteiger charge is -2.33. The Kier molecular flexibility index (Phi) is 5.45. The Bertz CT molecular complexity index is 654. The van der Waals surface area contributed by atoms with Crippen LogP contribution in [-0.2, 0) is 0 Å². The Morgan fingerprint density at radius 2 is 2.25 bits per heavy atom. The van der Waals surface area contributed by atoms with Gasteiger partial charge >= 0.3 is 0 Å². The number of anilines is 1. The van der Waals surface area contributed by atoms with Crippen LogP contribution >= 0.6 is 0 Å². The van der Waals surface area contributed by atoms with Crippen molar-refractivity contribution in [2.45, 2.75) is 52.0 Å². The molecule has 0 radical (unpaired) electrons. The molecule has 1 unspecified atom stereocenters. The molecule has 0 aromatic carbocycles. The topological polar surface area (TPSA) is 67.1 Å². The third-order valence-electron chi connectivity index (χ3n) is 4.61. The molecule has 1 aliphatic heterocycles. The molecule has 3 heterocycles. The summed E-state index contributed by atoms with van der Waals surface area (Å²) in [6, 6.07) is 4.56. The summed E-state index contributed by atoms with van der Waals surface area (Å²) >= 11 is 0. The second-order valence-electron chi connectivity index (χ2n) is 6.85. The second-order valence-corrected chi connectivity index (χ2v) is 6.85. The zero-order valence-electron chi connectivity index (χ0n) is 14.8. The van der Waals surface area contributed by atoms with Gasteiger partial charge in [0.1, 0.15) is 5.82 Å². The molecule has 0 bridgehead atoms. The van der Waals surface area contributed by atoms with E-state index >= 15 is 0 Å². The predicted octanol–water partition coefficient (Wildman–Crippen LogP) is 3.54. The van der Waals surface area contributed by atoms with Crippen molar-refractivity contribution < 1.29 is 4.52 Å². The highest BCUT2D eigenvalue weighted by molar-refractivity contribution is 5.57. The van der Waals surface area contributed by atoms with Crippen LogP contribution in [0.3, 0.4) is 0 Å². The van der Waals surface area contributed by atoms with Crippen LogP contribution in [0.4, 0.5) is 5.82 Å². The molecule has 1 fully saturated rings. The van der Waals surface area contributed by atoms with E-state index in [4.69, 9.17) is 4.52 Å². The SMILES string of the molecule is CC(C)c1noc(-c2ccnc(NCCN3CCCCC3C)c2)n1. The predicted molar refractivity (Wildman–Crippen MR) is 95.0 cm³/mol. The van der Waals surface area contributed by atoms with E-state index in [-0.39, 0.29) is 5.92 Å². The average Bonchev–Trinajstić information content (AvgIpc) is 3.07. The van der Waals surface area contributed by atoms with E-state index in [0.29, 0.717) is 11.9 Å². The van der Waals surface area contributed by atoms with Crippen LogP contribution < -0.4 is 5.32 Å². The maximum absolute atomic E-state index is 5.36. The van der Waals surface area contributed by atoms with E-state index in [2.05, 4.69) is 46.1 Å². The van der Waals surface area contributed by atoms with Gasteiger partial charge in [-0.1, -0.05) is 25.4 Å². The molecule has 0 spiro atoms. The molecule has 2 aromatic heterocycles. The van der Waals surface area contributed by atoms with Gasteiger partial charge < -0.3 is 9.84 Å². The van der Waals surface area contributed by atoms with Crippen molar-refractivity contribution in [1.29, 1.82) is 0 Å². The first-order valence-corrected chi connectivity index (χ1v) is 8.91. The van der Waals surface area contributed by atoms with Crippen molar-refractivity contribution in [3.05, 3.63) is 24.2 Å². The van der Waals surface area contributed by atoms with Crippen molar-refractivity contribution in [2.24, 2.45) is 0 Å². The third kappa shape index (κ3) is 4.12. The zero-order chi connectivity index (χ0) is 16.9. The van der Waals surface area contributed by atoms with E-state index in [1.807, 2.05) is 12.1 Å². The van der Waals surface area contributed by atoms with Crippen LogP contribution in [0.15, 0.2) is 22.9 Å². The smallest absolute Gasteiger partial charge is 0.258 e. The van der Waals surface area contributed by atoms with Gasteiger partial charge in [0.25, 0.3) is 5.89 Å². The van der Waals surface area contributed by atoms with Crippen LogP contribution in [0.1, 0.15) is 51.8 Å². The second kappa shape index (κ2) is 7.75. The van der Waals surface area contributed by atoms with Gasteiger partial charge in [-0.15, -0.1) is 0 Å². The molecular formula is C18H27N5O. The summed E-state index contributed by atoms with van der Waals surface area (Å²) in [7, 11) is 0. The normalized spacial score (nSPS) is 18.9. The minimum atomic E-state index is 0.258. The molecule has 24 heavy (non-hydrogen) atoms. The molecule has 1 saturated heterocycles. The lowest BCUT2D eigenvalue weighted by Crippen LogP contribution is -2.40. The fourth-order valence-electron chi connectivity index (χ4n) is 3.06. The summed E-state index contributed by atoms with van der Waals surface area (Å²) in [6.07, 6.45) is 5.76. The van der Waals surface area contributed by atoms with Crippen LogP contribution in [0.2, 0.25) is 0 Å². The minimum absolute atomic E-state index is 0.258. The Morgan fingerprint density at radius 1 is 1.38 bits per heavy atom. The van der Waals surface area contributed by atoms with Crippen LogP contribution in [0.25, 0.3) is 11.5 Å². The van der Waals surface area contributed by atoms with Gasteiger partial charge in [0.15, 0.2) is 5.82 Å². The Hall–Kier alpha value is -1.95. The minimum Gasteiger partial charge on any atom is -0.369 e. The monoisotopic (exact) mass is 329 g/mol. The van der Waals surface area contributed by atoms with Gasteiger partial charge in [-0.25, -0.2) is 4.98 Å². The van der Waals surface area contributed by atoms with E-state index in [0.717, 1.165) is 30.3 Å². The zero-order valence-corrected chi connectivity index (χ0v) is 14.8. The quantitative estimate of drug-likeness (QED) is 0.874. The van der Waals surface area contributed by atoms with Gasteiger partial charge in [0, 0.05) is 36.8 Å². The molecule has 1 aliphatic rings. The number of nitrogens with one attached hydrogen (secondary N) is 1. The first kappa shape index (κ1) is 16.9. The van der Waals surface area contributed by atoms with Crippen molar-refractivity contribution in [3.63, 3.8) is 0 Å². The van der Waals surface area contributed by atoms with E-state index in [1.165, 1.54) is 25.8 Å². The summed E-state index contributed by atoms with van der Waals surface area (Å²) in [4.78, 5) is 11.4. The molecule has 3 rings (SSSR count). The van der Waals surface area contributed by atoms with Crippen molar-refractivity contribution in [3.8, 4) is 11.5 Å². The Balaban J connectivity index is 1.58. The highest BCUT2D eigenvalue weighted by atomic mass is 16.5. The fraction of sp³-hybridized carbons (Fsp3) is 0.611. The summed E-state index contributed by atoms with van der Waals surface area (Å²) in [5, 5.41) is 7.43. The summed E-state index contributed by atoms with van der Waals surface area (Å²) < 4.78 is 5.36. The van der Waals surface area contributed by atoms with Gasteiger partial charge in [-0.2, -0.15) is 4.98 Å². The van der Waals surface area contributed by atoms with E-state index in [1.54, 1.807) is 6.20 Å². The first-order chi connectivity index (χ1) is 11.6. The van der Waals surface area contributed by atoms with E-state index in [9.17, 15) is 0 Å². The Labute approximate surface area is 143 Å². The van der Waals surface area contributed by atoms with Gasteiger partial charge in [-0.05, 0) is 38.4 Å². The molecule has 6 nitrogen and oxygen atoms in total. The molecule has 1 atom stereocenters. The number of rotatable bonds is 6. The molecule has 0 amide bonds. The maximum atomic E-state index is 5.36. The molecule has 0 saturated carbocycles. The molecule has 0 aliphatic carbocycles. The summed E-state index contributed by atoms with van der Waals surface area (Å²) in [6.45, 7) is 9.56. The summed E-state index contributed by atoms with van der Waals surface area (Å²) in [5.74, 6) is 2.39. The standard InChI is InChI=1S/C18H27N5O/c1-13(2)17-21-18(24-22-17)15-7-8-19-16(12-15)20-9-11-23-10-5-4-6-14(23)3/h7-8,12-14H,4-6,9-11H2,1-3H3,(H,19,20). The van der Waals surface area contributed by atoms with Gasteiger partial charge in [0.2, 0.25) is 0 Å². The molecule has 130 valence electrons. The fourth-order valence-corrected chi connectivity index (χ4v) is 3.06.